The average Bonchev–Trinajstić information content (AvgIpc) is 3.32. The van der Waals surface area contributed by atoms with Crippen LogP contribution >= 0.6 is 0 Å². The molecule has 5 rings (SSSR count). The molecule has 3 heterocycles. The molecule has 1 unspecified atom stereocenters. The lowest BCUT2D eigenvalue weighted by molar-refractivity contribution is -0.126. The third-order valence-corrected chi connectivity index (χ3v) is 7.53. The molecular weight excluding hydrogens is 464 g/mol. The molecule has 0 radical (unpaired) electrons. The maximum Gasteiger partial charge on any atom is 0.227 e. The SMILES string of the molecule is O=C(NC1CCCOc2cc(-c3ccnc(Nc4cn[nH]c4)n3)ccc21)C1CCCCCCCCCC1. The van der Waals surface area contributed by atoms with E-state index in [9.17, 15) is 4.79 Å². The molecule has 1 amide bonds. The largest absolute Gasteiger partial charge is 0.493 e. The van der Waals surface area contributed by atoms with E-state index in [-0.39, 0.29) is 17.9 Å². The number of H-pyrrole nitrogens is 1. The quantitative estimate of drug-likeness (QED) is 0.369. The topological polar surface area (TPSA) is 105 Å². The number of hydrogen-bond acceptors (Lipinski definition) is 6. The van der Waals surface area contributed by atoms with Crippen molar-refractivity contribution >= 4 is 17.5 Å². The van der Waals surface area contributed by atoms with Crippen molar-refractivity contribution in [2.75, 3.05) is 11.9 Å². The molecule has 3 N–H and O–H groups in total. The lowest BCUT2D eigenvalue weighted by atomic mass is 9.93. The predicted molar refractivity (Wildman–Crippen MR) is 145 cm³/mol. The first-order chi connectivity index (χ1) is 18.3. The zero-order valence-corrected chi connectivity index (χ0v) is 21.5. The molecule has 8 heteroatoms. The minimum Gasteiger partial charge on any atom is -0.493 e. The van der Waals surface area contributed by atoms with Crippen molar-refractivity contribution in [3.8, 4) is 17.0 Å². The number of carbonyl (C=O) groups excluding carboxylic acids is 1. The molecule has 196 valence electrons. The molecule has 0 bridgehead atoms. The summed E-state index contributed by atoms with van der Waals surface area (Å²) < 4.78 is 6.14. The number of anilines is 2. The third kappa shape index (κ3) is 6.87. The summed E-state index contributed by atoms with van der Waals surface area (Å²) >= 11 is 0. The molecule has 1 saturated carbocycles. The predicted octanol–water partition coefficient (Wildman–Crippen LogP) is 6.47. The van der Waals surface area contributed by atoms with Gasteiger partial charge in [0.1, 0.15) is 5.75 Å². The number of fused-ring (bicyclic) bond motifs is 1. The zero-order chi connectivity index (χ0) is 25.3. The number of ether oxygens (including phenoxy) is 1. The highest BCUT2D eigenvalue weighted by molar-refractivity contribution is 5.79. The van der Waals surface area contributed by atoms with Crippen LogP contribution in [0.4, 0.5) is 11.6 Å². The number of aromatic amines is 1. The Kier molecular flexibility index (Phi) is 8.66. The average molecular weight is 503 g/mol. The monoisotopic (exact) mass is 502 g/mol. The van der Waals surface area contributed by atoms with E-state index in [0.29, 0.717) is 12.6 Å². The minimum absolute atomic E-state index is 0.0269. The van der Waals surface area contributed by atoms with Crippen molar-refractivity contribution in [3.63, 3.8) is 0 Å². The number of rotatable bonds is 5. The Balaban J connectivity index is 1.30. The molecule has 1 aromatic carbocycles. The van der Waals surface area contributed by atoms with Crippen LogP contribution in [0.15, 0.2) is 42.9 Å². The fourth-order valence-electron chi connectivity index (χ4n) is 5.45. The van der Waals surface area contributed by atoms with Crippen molar-refractivity contribution in [1.29, 1.82) is 0 Å². The second-order valence-corrected chi connectivity index (χ2v) is 10.3. The fourth-order valence-corrected chi connectivity index (χ4v) is 5.45. The number of hydrogen-bond donors (Lipinski definition) is 3. The molecule has 2 aromatic heterocycles. The molecule has 37 heavy (non-hydrogen) atoms. The Morgan fingerprint density at radius 2 is 1.73 bits per heavy atom. The summed E-state index contributed by atoms with van der Waals surface area (Å²) in [5, 5.41) is 13.3. The smallest absolute Gasteiger partial charge is 0.227 e. The van der Waals surface area contributed by atoms with Crippen LogP contribution < -0.4 is 15.4 Å². The van der Waals surface area contributed by atoms with Gasteiger partial charge < -0.3 is 15.4 Å². The third-order valence-electron chi connectivity index (χ3n) is 7.53. The highest BCUT2D eigenvalue weighted by atomic mass is 16.5. The maximum atomic E-state index is 13.4. The van der Waals surface area contributed by atoms with E-state index < -0.39 is 0 Å². The van der Waals surface area contributed by atoms with Crippen molar-refractivity contribution in [1.82, 2.24) is 25.5 Å². The first-order valence-corrected chi connectivity index (χ1v) is 13.9. The molecule has 1 atom stereocenters. The Bertz CT molecular complexity index is 1140. The minimum atomic E-state index is -0.0269. The Morgan fingerprint density at radius 3 is 2.49 bits per heavy atom. The number of amides is 1. The van der Waals surface area contributed by atoms with Gasteiger partial charge in [0.05, 0.1) is 30.2 Å². The van der Waals surface area contributed by atoms with Gasteiger partial charge in [-0.05, 0) is 37.8 Å². The summed E-state index contributed by atoms with van der Waals surface area (Å²) in [6.45, 7) is 0.642. The van der Waals surface area contributed by atoms with Gasteiger partial charge in [0.2, 0.25) is 11.9 Å². The van der Waals surface area contributed by atoms with Gasteiger partial charge >= 0.3 is 0 Å². The van der Waals surface area contributed by atoms with Gasteiger partial charge in [-0.3, -0.25) is 9.89 Å². The highest BCUT2D eigenvalue weighted by Gasteiger charge is 2.26. The van der Waals surface area contributed by atoms with Crippen LogP contribution in [0.5, 0.6) is 5.75 Å². The Hall–Kier alpha value is -3.42. The van der Waals surface area contributed by atoms with E-state index in [1.807, 2.05) is 12.1 Å². The van der Waals surface area contributed by atoms with Crippen LogP contribution in [0.25, 0.3) is 11.3 Å². The van der Waals surface area contributed by atoms with Crippen LogP contribution in [0.3, 0.4) is 0 Å². The molecule has 0 spiro atoms. The van der Waals surface area contributed by atoms with Gasteiger partial charge in [-0.1, -0.05) is 63.5 Å². The summed E-state index contributed by atoms with van der Waals surface area (Å²) in [7, 11) is 0. The van der Waals surface area contributed by atoms with Gasteiger partial charge in [-0.15, -0.1) is 0 Å². The second-order valence-electron chi connectivity index (χ2n) is 10.3. The van der Waals surface area contributed by atoms with Crippen molar-refractivity contribution in [3.05, 3.63) is 48.4 Å². The van der Waals surface area contributed by atoms with E-state index in [0.717, 1.165) is 66.8 Å². The first kappa shape index (κ1) is 25.2. The first-order valence-electron chi connectivity index (χ1n) is 13.9. The van der Waals surface area contributed by atoms with Gasteiger partial charge in [0.25, 0.3) is 0 Å². The molecule has 0 saturated heterocycles. The van der Waals surface area contributed by atoms with E-state index >= 15 is 0 Å². The zero-order valence-electron chi connectivity index (χ0n) is 21.5. The van der Waals surface area contributed by atoms with Crippen LogP contribution in [0.1, 0.15) is 88.7 Å². The number of aromatic nitrogens is 4. The molecule has 3 aromatic rings. The highest BCUT2D eigenvalue weighted by Crippen LogP contribution is 2.35. The Morgan fingerprint density at radius 1 is 0.946 bits per heavy atom. The van der Waals surface area contributed by atoms with Crippen molar-refractivity contribution in [2.45, 2.75) is 83.1 Å². The number of carbonyl (C=O) groups is 1. The van der Waals surface area contributed by atoms with Crippen LogP contribution in [0, 0.1) is 5.92 Å². The Labute approximate surface area is 219 Å². The van der Waals surface area contributed by atoms with E-state index in [1.54, 1.807) is 18.6 Å². The number of nitrogens with zero attached hydrogens (tertiary/aromatic N) is 3. The lowest BCUT2D eigenvalue weighted by Crippen LogP contribution is -2.34. The second kappa shape index (κ2) is 12.7. The molecule has 2 aliphatic rings. The standard InChI is InChI=1S/C29H38N6O2/c36-28(21-10-7-5-3-1-2-4-6-8-11-21)34-26-12-9-17-37-27-18-22(13-14-24(26)27)25-15-16-30-29(35-25)33-23-19-31-32-20-23/h13-16,18-21,26H,1-12,17H2,(H,31,32)(H,34,36)(H,30,33,35). The fraction of sp³-hybridized carbons (Fsp3) is 0.517. The molecular formula is C29H38N6O2. The van der Waals surface area contributed by atoms with Crippen LogP contribution in [0.2, 0.25) is 0 Å². The normalized spacial score (nSPS) is 19.5. The van der Waals surface area contributed by atoms with E-state index in [1.165, 1.54) is 38.5 Å². The molecule has 1 aliphatic heterocycles. The lowest BCUT2D eigenvalue weighted by Gasteiger charge is -2.23. The summed E-state index contributed by atoms with van der Waals surface area (Å²) in [6, 6.07) is 8.05. The molecule has 1 fully saturated rings. The van der Waals surface area contributed by atoms with Gasteiger partial charge in [-0.2, -0.15) is 5.10 Å². The molecule has 1 aliphatic carbocycles. The van der Waals surface area contributed by atoms with E-state index in [4.69, 9.17) is 4.74 Å². The van der Waals surface area contributed by atoms with Gasteiger partial charge in [0, 0.05) is 29.4 Å². The summed E-state index contributed by atoms with van der Waals surface area (Å²) in [4.78, 5) is 22.4. The number of benzene rings is 1. The summed E-state index contributed by atoms with van der Waals surface area (Å²) in [6.07, 6.45) is 19.1. The van der Waals surface area contributed by atoms with Crippen molar-refractivity contribution < 1.29 is 9.53 Å². The van der Waals surface area contributed by atoms with Crippen LogP contribution in [-0.4, -0.2) is 32.7 Å². The summed E-state index contributed by atoms with van der Waals surface area (Å²) in [5.41, 5.74) is 3.60. The molecule has 8 nitrogen and oxygen atoms in total. The van der Waals surface area contributed by atoms with Gasteiger partial charge in [-0.25, -0.2) is 9.97 Å². The summed E-state index contributed by atoms with van der Waals surface area (Å²) in [5.74, 6) is 1.66. The van der Waals surface area contributed by atoms with Crippen molar-refractivity contribution in [2.24, 2.45) is 5.92 Å². The maximum absolute atomic E-state index is 13.4. The number of nitrogens with one attached hydrogen (secondary N) is 3. The van der Waals surface area contributed by atoms with Gasteiger partial charge in [0.15, 0.2) is 0 Å². The van der Waals surface area contributed by atoms with E-state index in [2.05, 4.69) is 42.9 Å². The van der Waals surface area contributed by atoms with Crippen LogP contribution in [-0.2, 0) is 4.79 Å².